The van der Waals surface area contributed by atoms with Crippen molar-refractivity contribution in [3.8, 4) is 17.4 Å². The van der Waals surface area contributed by atoms with Crippen molar-refractivity contribution < 1.29 is 14.1 Å². The third kappa shape index (κ3) is 3.06. The molecule has 26 heavy (non-hydrogen) atoms. The van der Waals surface area contributed by atoms with Crippen LogP contribution in [0.25, 0.3) is 11.6 Å². The van der Waals surface area contributed by atoms with Gasteiger partial charge in [-0.25, -0.2) is 14.8 Å². The zero-order valence-corrected chi connectivity index (χ0v) is 14.0. The fraction of sp³-hybridized carbons (Fsp3) is 0.235. The predicted molar refractivity (Wildman–Crippen MR) is 91.7 cm³/mol. The van der Waals surface area contributed by atoms with Crippen LogP contribution in [0, 0.1) is 0 Å². The molecule has 0 spiro atoms. The highest BCUT2D eigenvalue weighted by atomic mass is 16.5. The van der Waals surface area contributed by atoms with E-state index in [-0.39, 0.29) is 11.9 Å². The molecule has 1 aromatic carbocycles. The summed E-state index contributed by atoms with van der Waals surface area (Å²) in [5.74, 6) is 1.85. The van der Waals surface area contributed by atoms with E-state index in [1.165, 1.54) is 0 Å². The number of aromatic nitrogens is 4. The number of nitrogens with one attached hydrogen (secondary N) is 1. The lowest BCUT2D eigenvalue weighted by Crippen LogP contribution is -2.50. The van der Waals surface area contributed by atoms with E-state index in [4.69, 9.17) is 9.26 Å². The number of para-hydroxylation sites is 2. The van der Waals surface area contributed by atoms with Gasteiger partial charge in [0.25, 0.3) is 0 Å². The van der Waals surface area contributed by atoms with Crippen LogP contribution >= 0.6 is 0 Å². The van der Waals surface area contributed by atoms with Gasteiger partial charge in [-0.15, -0.1) is 0 Å². The maximum atomic E-state index is 12.3. The minimum absolute atomic E-state index is 0.00313. The molecule has 1 fully saturated rings. The predicted octanol–water partition coefficient (Wildman–Crippen LogP) is 2.17. The Morgan fingerprint density at radius 1 is 1.19 bits per heavy atom. The molecule has 4 rings (SSSR count). The molecular weight excluding hydrogens is 336 g/mol. The molecule has 3 aromatic rings. The smallest absolute Gasteiger partial charge is 0.321 e. The number of carbonyl (C=O) groups excluding carboxylic acids is 1. The fourth-order valence-corrected chi connectivity index (χ4v) is 2.65. The standard InChI is InChI=1S/C17H16N6O3/c1-25-13-6-3-2-5-12(13)20-17(24)23-9-11(10-23)16-21-15(22-26-16)14-18-7-4-8-19-14/h2-8,11H,9-10H2,1H3,(H,20,24). The Morgan fingerprint density at radius 3 is 2.73 bits per heavy atom. The molecule has 0 radical (unpaired) electrons. The summed E-state index contributed by atoms with van der Waals surface area (Å²) < 4.78 is 10.5. The lowest BCUT2D eigenvalue weighted by Gasteiger charge is -2.36. The molecule has 0 saturated carbocycles. The van der Waals surface area contributed by atoms with Crippen molar-refractivity contribution in [1.82, 2.24) is 25.0 Å². The van der Waals surface area contributed by atoms with Crippen molar-refractivity contribution in [2.45, 2.75) is 5.92 Å². The molecule has 132 valence electrons. The first-order valence-electron chi connectivity index (χ1n) is 8.04. The molecule has 0 atom stereocenters. The van der Waals surface area contributed by atoms with E-state index < -0.39 is 0 Å². The first kappa shape index (κ1) is 16.0. The third-order valence-electron chi connectivity index (χ3n) is 4.07. The van der Waals surface area contributed by atoms with Crippen molar-refractivity contribution in [2.24, 2.45) is 0 Å². The van der Waals surface area contributed by atoms with Crippen LogP contribution in [-0.2, 0) is 0 Å². The van der Waals surface area contributed by atoms with Crippen molar-refractivity contribution in [1.29, 1.82) is 0 Å². The van der Waals surface area contributed by atoms with E-state index >= 15 is 0 Å². The number of likely N-dealkylation sites (tertiary alicyclic amines) is 1. The Balaban J connectivity index is 1.37. The average molecular weight is 352 g/mol. The number of anilines is 1. The molecule has 1 saturated heterocycles. The molecule has 3 heterocycles. The number of urea groups is 1. The van der Waals surface area contributed by atoms with Gasteiger partial charge in [0.15, 0.2) is 0 Å². The molecule has 2 amide bonds. The minimum Gasteiger partial charge on any atom is -0.495 e. The van der Waals surface area contributed by atoms with Gasteiger partial charge in [0, 0.05) is 25.5 Å². The van der Waals surface area contributed by atoms with E-state index in [2.05, 4.69) is 25.4 Å². The van der Waals surface area contributed by atoms with E-state index in [0.717, 1.165) is 0 Å². The highest BCUT2D eigenvalue weighted by Gasteiger charge is 2.36. The monoisotopic (exact) mass is 352 g/mol. The van der Waals surface area contributed by atoms with Gasteiger partial charge in [-0.1, -0.05) is 17.3 Å². The first-order chi connectivity index (χ1) is 12.7. The Labute approximate surface area is 149 Å². The van der Waals surface area contributed by atoms with Crippen LogP contribution in [0.1, 0.15) is 11.8 Å². The van der Waals surface area contributed by atoms with Gasteiger partial charge in [0.05, 0.1) is 18.7 Å². The molecule has 9 nitrogen and oxygen atoms in total. The summed E-state index contributed by atoms with van der Waals surface area (Å²) in [5.41, 5.74) is 0.629. The highest BCUT2D eigenvalue weighted by Crippen LogP contribution is 2.29. The molecule has 0 aliphatic carbocycles. The molecule has 1 aliphatic rings. The Bertz CT molecular complexity index is 908. The lowest BCUT2D eigenvalue weighted by atomic mass is 10.0. The van der Waals surface area contributed by atoms with Crippen molar-refractivity contribution >= 4 is 11.7 Å². The number of carbonyl (C=O) groups is 1. The number of nitrogens with zero attached hydrogens (tertiary/aromatic N) is 5. The molecule has 1 N–H and O–H groups in total. The van der Waals surface area contributed by atoms with Gasteiger partial charge in [-0.05, 0) is 18.2 Å². The third-order valence-corrected chi connectivity index (χ3v) is 4.07. The number of ether oxygens (including phenoxy) is 1. The van der Waals surface area contributed by atoms with Crippen LogP contribution in [0.3, 0.4) is 0 Å². The quantitative estimate of drug-likeness (QED) is 0.767. The van der Waals surface area contributed by atoms with Crippen LogP contribution < -0.4 is 10.1 Å². The number of amides is 2. The SMILES string of the molecule is COc1ccccc1NC(=O)N1CC(c2nc(-c3ncccn3)no2)C1. The summed E-state index contributed by atoms with van der Waals surface area (Å²) in [6.07, 6.45) is 3.23. The Morgan fingerprint density at radius 2 is 1.96 bits per heavy atom. The molecule has 0 bridgehead atoms. The topological polar surface area (TPSA) is 106 Å². The van der Waals surface area contributed by atoms with E-state index in [9.17, 15) is 4.79 Å². The summed E-state index contributed by atoms with van der Waals surface area (Å²) >= 11 is 0. The van der Waals surface area contributed by atoms with Gasteiger partial charge in [0.1, 0.15) is 5.75 Å². The Hall–Kier alpha value is -3.49. The molecule has 9 heteroatoms. The number of hydrogen-bond acceptors (Lipinski definition) is 7. The second kappa shape index (κ2) is 6.79. The van der Waals surface area contributed by atoms with Gasteiger partial charge < -0.3 is 19.5 Å². The minimum atomic E-state index is -0.197. The second-order valence-corrected chi connectivity index (χ2v) is 5.76. The van der Waals surface area contributed by atoms with Gasteiger partial charge in [0.2, 0.25) is 17.5 Å². The second-order valence-electron chi connectivity index (χ2n) is 5.76. The number of rotatable bonds is 4. The summed E-state index contributed by atoms with van der Waals surface area (Å²) in [6, 6.07) is 8.78. The van der Waals surface area contributed by atoms with Crippen LogP contribution in [0.2, 0.25) is 0 Å². The number of benzene rings is 1. The number of hydrogen-bond donors (Lipinski definition) is 1. The van der Waals surface area contributed by atoms with Crippen molar-refractivity contribution in [3.05, 3.63) is 48.6 Å². The van der Waals surface area contributed by atoms with Crippen LogP contribution in [0.4, 0.5) is 10.5 Å². The largest absolute Gasteiger partial charge is 0.495 e. The summed E-state index contributed by atoms with van der Waals surface area (Å²) in [5, 5.41) is 6.74. The fourth-order valence-electron chi connectivity index (χ4n) is 2.65. The van der Waals surface area contributed by atoms with Crippen LogP contribution in [0.15, 0.2) is 47.2 Å². The van der Waals surface area contributed by atoms with Crippen molar-refractivity contribution in [3.63, 3.8) is 0 Å². The van der Waals surface area contributed by atoms with Crippen LogP contribution in [-0.4, -0.2) is 51.2 Å². The lowest BCUT2D eigenvalue weighted by molar-refractivity contribution is 0.147. The van der Waals surface area contributed by atoms with Crippen molar-refractivity contribution in [2.75, 3.05) is 25.5 Å². The summed E-state index contributed by atoms with van der Waals surface area (Å²) in [6.45, 7) is 0.997. The maximum absolute atomic E-state index is 12.3. The number of methoxy groups -OCH3 is 1. The summed E-state index contributed by atoms with van der Waals surface area (Å²) in [4.78, 5) is 26.5. The normalized spacial score (nSPS) is 14.0. The van der Waals surface area contributed by atoms with E-state index in [1.807, 2.05) is 12.1 Å². The molecular formula is C17H16N6O3. The van der Waals surface area contributed by atoms with Gasteiger partial charge in [-0.2, -0.15) is 4.98 Å². The average Bonchev–Trinajstić information content (AvgIpc) is 3.11. The molecule has 0 unspecified atom stereocenters. The highest BCUT2D eigenvalue weighted by molar-refractivity contribution is 5.91. The maximum Gasteiger partial charge on any atom is 0.321 e. The molecule has 2 aromatic heterocycles. The summed E-state index contributed by atoms with van der Waals surface area (Å²) in [7, 11) is 1.56. The van der Waals surface area contributed by atoms with Gasteiger partial charge >= 0.3 is 6.03 Å². The zero-order valence-electron chi connectivity index (χ0n) is 14.0. The zero-order chi connectivity index (χ0) is 17.9. The van der Waals surface area contributed by atoms with E-state index in [0.29, 0.717) is 42.1 Å². The van der Waals surface area contributed by atoms with Gasteiger partial charge in [-0.3, -0.25) is 0 Å². The van der Waals surface area contributed by atoms with Crippen LogP contribution in [0.5, 0.6) is 5.75 Å². The first-order valence-corrected chi connectivity index (χ1v) is 8.04. The Kier molecular flexibility index (Phi) is 4.18. The van der Waals surface area contributed by atoms with E-state index in [1.54, 1.807) is 42.6 Å². The molecule has 1 aliphatic heterocycles.